The molecule has 3 aromatic rings. The van der Waals surface area contributed by atoms with Crippen LogP contribution in [0.4, 0.5) is 13.2 Å². The van der Waals surface area contributed by atoms with Crippen molar-refractivity contribution in [1.82, 2.24) is 15.2 Å². The Balaban J connectivity index is 1.76. The van der Waals surface area contributed by atoms with Crippen LogP contribution in [0.15, 0.2) is 65.3 Å². The minimum absolute atomic E-state index is 0.195. The summed E-state index contributed by atoms with van der Waals surface area (Å²) in [5.74, 6) is 0.0453. The summed E-state index contributed by atoms with van der Waals surface area (Å²) in [7, 11) is 0. The Labute approximate surface area is 172 Å². The van der Waals surface area contributed by atoms with Crippen molar-refractivity contribution >= 4 is 5.91 Å². The van der Waals surface area contributed by atoms with Gasteiger partial charge in [-0.3, -0.25) is 9.69 Å². The Morgan fingerprint density at radius 3 is 2.23 bits per heavy atom. The highest BCUT2D eigenvalue weighted by Crippen LogP contribution is 2.29. The summed E-state index contributed by atoms with van der Waals surface area (Å²) in [5.41, 5.74) is 1.29. The molecule has 1 aromatic heterocycles. The smallest absolute Gasteiger partial charge is 0.416 e. The number of carbonyl (C=O) groups is 1. The number of benzene rings is 2. The molecule has 0 saturated heterocycles. The molecule has 0 aliphatic rings. The Hall–Kier alpha value is -3.13. The number of rotatable bonds is 8. The van der Waals surface area contributed by atoms with Gasteiger partial charge in [0.15, 0.2) is 5.69 Å². The molecule has 1 N–H and O–H groups in total. The SMILES string of the molecule is CCNC(=O)c1coc(CN(Cc2ccccc2)Cc2ccc(C(F)(F)F)cc2)n1. The molecule has 30 heavy (non-hydrogen) atoms. The zero-order valence-corrected chi connectivity index (χ0v) is 16.4. The maximum atomic E-state index is 12.8. The number of nitrogens with one attached hydrogen (secondary N) is 1. The van der Waals surface area contributed by atoms with E-state index in [0.717, 1.165) is 23.3 Å². The van der Waals surface area contributed by atoms with Crippen LogP contribution in [0, 0.1) is 0 Å². The van der Waals surface area contributed by atoms with Crippen LogP contribution in [0.3, 0.4) is 0 Å². The number of nitrogens with zero attached hydrogens (tertiary/aromatic N) is 2. The van der Waals surface area contributed by atoms with E-state index in [2.05, 4.69) is 10.3 Å². The van der Waals surface area contributed by atoms with Crippen molar-refractivity contribution in [3.63, 3.8) is 0 Å². The van der Waals surface area contributed by atoms with Crippen molar-refractivity contribution in [3.8, 4) is 0 Å². The van der Waals surface area contributed by atoms with Crippen molar-refractivity contribution in [2.45, 2.75) is 32.7 Å². The fourth-order valence-corrected chi connectivity index (χ4v) is 3.00. The molecule has 0 saturated carbocycles. The summed E-state index contributed by atoms with van der Waals surface area (Å²) < 4.78 is 43.9. The van der Waals surface area contributed by atoms with Gasteiger partial charge in [0.1, 0.15) is 6.26 Å². The molecule has 1 heterocycles. The van der Waals surface area contributed by atoms with Crippen molar-refractivity contribution in [1.29, 1.82) is 0 Å². The molecule has 0 unspecified atom stereocenters. The number of alkyl halides is 3. The fraction of sp³-hybridized carbons (Fsp3) is 0.273. The van der Waals surface area contributed by atoms with Gasteiger partial charge in [-0.25, -0.2) is 4.98 Å². The predicted molar refractivity (Wildman–Crippen MR) is 105 cm³/mol. The van der Waals surface area contributed by atoms with E-state index in [1.54, 1.807) is 0 Å². The minimum atomic E-state index is -4.37. The lowest BCUT2D eigenvalue weighted by molar-refractivity contribution is -0.137. The molecule has 2 aromatic carbocycles. The second-order valence-electron chi connectivity index (χ2n) is 6.81. The number of hydrogen-bond acceptors (Lipinski definition) is 4. The fourth-order valence-electron chi connectivity index (χ4n) is 3.00. The molecule has 0 bridgehead atoms. The van der Waals surface area contributed by atoms with Gasteiger partial charge in [0, 0.05) is 19.6 Å². The number of aromatic nitrogens is 1. The third-order valence-corrected chi connectivity index (χ3v) is 4.42. The number of oxazole rings is 1. The zero-order chi connectivity index (χ0) is 21.6. The summed E-state index contributed by atoms with van der Waals surface area (Å²) in [4.78, 5) is 18.1. The maximum Gasteiger partial charge on any atom is 0.416 e. The summed E-state index contributed by atoms with van der Waals surface area (Å²) in [6.45, 7) is 3.53. The van der Waals surface area contributed by atoms with E-state index in [-0.39, 0.29) is 11.6 Å². The van der Waals surface area contributed by atoms with Crippen LogP contribution in [-0.2, 0) is 25.8 Å². The van der Waals surface area contributed by atoms with Crippen LogP contribution in [0.5, 0.6) is 0 Å². The molecular formula is C22H22F3N3O2. The maximum absolute atomic E-state index is 12.8. The van der Waals surface area contributed by atoms with Gasteiger partial charge in [-0.05, 0) is 30.2 Å². The molecule has 158 valence electrons. The van der Waals surface area contributed by atoms with Gasteiger partial charge in [-0.15, -0.1) is 0 Å². The Bertz CT molecular complexity index is 954. The molecule has 0 aliphatic carbocycles. The molecule has 3 rings (SSSR count). The van der Waals surface area contributed by atoms with Crippen molar-refractivity contribution in [2.24, 2.45) is 0 Å². The van der Waals surface area contributed by atoms with Crippen LogP contribution in [0.1, 0.15) is 40.0 Å². The standard InChI is InChI=1S/C22H22F3N3O2/c1-2-26-21(29)19-15-30-20(27-19)14-28(12-16-6-4-3-5-7-16)13-17-8-10-18(11-9-17)22(23,24)25/h3-11,15H,2,12-14H2,1H3,(H,26,29). The normalized spacial score (nSPS) is 11.6. The van der Waals surface area contributed by atoms with Gasteiger partial charge in [0.25, 0.3) is 5.91 Å². The van der Waals surface area contributed by atoms with E-state index in [9.17, 15) is 18.0 Å². The molecule has 8 heteroatoms. The quantitative estimate of drug-likeness (QED) is 0.580. The highest BCUT2D eigenvalue weighted by atomic mass is 19.4. The first-order valence-corrected chi connectivity index (χ1v) is 9.50. The van der Waals surface area contributed by atoms with E-state index in [1.165, 1.54) is 18.4 Å². The molecule has 0 atom stereocenters. The Morgan fingerprint density at radius 1 is 1.00 bits per heavy atom. The van der Waals surface area contributed by atoms with Crippen LogP contribution in [-0.4, -0.2) is 22.3 Å². The summed E-state index contributed by atoms with van der Waals surface area (Å²) in [6, 6.07) is 14.8. The predicted octanol–water partition coefficient (Wildman–Crippen LogP) is 4.65. The number of carbonyl (C=O) groups excluding carboxylic acids is 1. The average Bonchev–Trinajstić information content (AvgIpc) is 3.17. The van der Waals surface area contributed by atoms with Gasteiger partial charge < -0.3 is 9.73 Å². The van der Waals surface area contributed by atoms with Crippen molar-refractivity contribution in [3.05, 3.63) is 89.1 Å². The molecule has 0 fully saturated rings. The first-order chi connectivity index (χ1) is 14.3. The Kier molecular flexibility index (Phi) is 6.89. The zero-order valence-electron chi connectivity index (χ0n) is 16.4. The average molecular weight is 417 g/mol. The van der Waals surface area contributed by atoms with E-state index in [1.807, 2.05) is 42.2 Å². The minimum Gasteiger partial charge on any atom is -0.447 e. The van der Waals surface area contributed by atoms with Gasteiger partial charge in [-0.2, -0.15) is 13.2 Å². The van der Waals surface area contributed by atoms with Crippen LogP contribution in [0.2, 0.25) is 0 Å². The second kappa shape index (κ2) is 9.58. The van der Waals surface area contributed by atoms with Gasteiger partial charge in [0.05, 0.1) is 12.1 Å². The lowest BCUT2D eigenvalue weighted by Gasteiger charge is -2.21. The van der Waals surface area contributed by atoms with E-state index < -0.39 is 11.7 Å². The van der Waals surface area contributed by atoms with Gasteiger partial charge in [-0.1, -0.05) is 42.5 Å². The van der Waals surface area contributed by atoms with Crippen LogP contribution < -0.4 is 5.32 Å². The molecule has 0 aliphatic heterocycles. The van der Waals surface area contributed by atoms with E-state index >= 15 is 0 Å². The number of halogens is 3. The first-order valence-electron chi connectivity index (χ1n) is 9.50. The second-order valence-corrected chi connectivity index (χ2v) is 6.81. The topological polar surface area (TPSA) is 58.4 Å². The largest absolute Gasteiger partial charge is 0.447 e. The van der Waals surface area contributed by atoms with Crippen LogP contribution in [0.25, 0.3) is 0 Å². The number of hydrogen-bond donors (Lipinski definition) is 1. The molecule has 5 nitrogen and oxygen atoms in total. The number of amides is 1. The summed E-state index contributed by atoms with van der Waals surface area (Å²) in [6.07, 6.45) is -3.06. The highest BCUT2D eigenvalue weighted by molar-refractivity contribution is 5.91. The third-order valence-electron chi connectivity index (χ3n) is 4.42. The van der Waals surface area contributed by atoms with Crippen molar-refractivity contribution < 1.29 is 22.4 Å². The van der Waals surface area contributed by atoms with Crippen molar-refractivity contribution in [2.75, 3.05) is 6.54 Å². The monoisotopic (exact) mass is 417 g/mol. The third kappa shape index (κ3) is 5.93. The molecular weight excluding hydrogens is 395 g/mol. The summed E-state index contributed by atoms with van der Waals surface area (Å²) in [5, 5.41) is 2.66. The van der Waals surface area contributed by atoms with Gasteiger partial charge in [0.2, 0.25) is 5.89 Å². The van der Waals surface area contributed by atoms with Gasteiger partial charge >= 0.3 is 6.18 Å². The van der Waals surface area contributed by atoms with Crippen LogP contribution >= 0.6 is 0 Å². The first kappa shape index (κ1) is 21.6. The molecule has 0 radical (unpaired) electrons. The lowest BCUT2D eigenvalue weighted by atomic mass is 10.1. The summed E-state index contributed by atoms with van der Waals surface area (Å²) >= 11 is 0. The Morgan fingerprint density at radius 2 is 1.63 bits per heavy atom. The van der Waals surface area contributed by atoms with E-state index in [4.69, 9.17) is 4.42 Å². The highest BCUT2D eigenvalue weighted by Gasteiger charge is 2.30. The molecule has 0 spiro atoms. The van der Waals surface area contributed by atoms with E-state index in [0.29, 0.717) is 32.1 Å². The lowest BCUT2D eigenvalue weighted by Crippen LogP contribution is -2.24. The molecule has 1 amide bonds.